The molecule has 0 amide bonds. The number of aliphatic carboxylic acids is 1. The lowest BCUT2D eigenvalue weighted by Crippen LogP contribution is -2.29. The predicted molar refractivity (Wildman–Crippen MR) is 49.8 cm³/mol. The summed E-state index contributed by atoms with van der Waals surface area (Å²) in [7, 11) is 0. The van der Waals surface area contributed by atoms with Gasteiger partial charge in [-0.25, -0.2) is 4.79 Å². The van der Waals surface area contributed by atoms with Crippen LogP contribution in [0.1, 0.15) is 5.56 Å². The standard InChI is InChI=1S/C10H8N2O2/c13-9(14)10(6-7-11-12-10)8-4-2-1-3-5-8/h1-7H,(H,13,14). The molecule has 0 bridgehead atoms. The number of benzene rings is 1. The molecule has 2 rings (SSSR count). The number of nitrogens with zero attached hydrogens (tertiary/aromatic N) is 2. The van der Waals surface area contributed by atoms with Crippen LogP contribution in [0.15, 0.2) is 52.8 Å². The van der Waals surface area contributed by atoms with Crippen LogP contribution in [0.2, 0.25) is 0 Å². The summed E-state index contributed by atoms with van der Waals surface area (Å²) in [4.78, 5) is 11.1. The maximum Gasteiger partial charge on any atom is 0.342 e. The normalized spacial score (nSPS) is 24.0. The van der Waals surface area contributed by atoms with Gasteiger partial charge in [0.2, 0.25) is 5.54 Å². The number of carboxylic acid groups (broad SMARTS) is 1. The lowest BCUT2D eigenvalue weighted by Gasteiger charge is -2.16. The molecule has 1 aliphatic rings. The first-order valence-corrected chi connectivity index (χ1v) is 4.14. The predicted octanol–water partition coefficient (Wildman–Crippen LogP) is 1.95. The van der Waals surface area contributed by atoms with Gasteiger partial charge in [-0.1, -0.05) is 30.3 Å². The average molecular weight is 188 g/mol. The van der Waals surface area contributed by atoms with Gasteiger partial charge in [0, 0.05) is 6.20 Å². The summed E-state index contributed by atoms with van der Waals surface area (Å²) in [5.74, 6) is -1.01. The van der Waals surface area contributed by atoms with Crippen molar-refractivity contribution in [3.8, 4) is 0 Å². The summed E-state index contributed by atoms with van der Waals surface area (Å²) in [6, 6.07) is 8.84. The van der Waals surface area contributed by atoms with Crippen molar-refractivity contribution >= 4 is 5.97 Å². The van der Waals surface area contributed by atoms with Crippen LogP contribution in [0.4, 0.5) is 0 Å². The number of carbonyl (C=O) groups is 1. The van der Waals surface area contributed by atoms with Crippen LogP contribution < -0.4 is 0 Å². The van der Waals surface area contributed by atoms with E-state index in [2.05, 4.69) is 10.2 Å². The van der Waals surface area contributed by atoms with Crippen molar-refractivity contribution in [2.75, 3.05) is 0 Å². The monoisotopic (exact) mass is 188 g/mol. The molecule has 1 aromatic carbocycles. The molecular formula is C10H8N2O2. The Bertz CT molecular complexity index is 397. The number of rotatable bonds is 2. The topological polar surface area (TPSA) is 62.0 Å². The second-order valence-electron chi connectivity index (χ2n) is 2.97. The van der Waals surface area contributed by atoms with Gasteiger partial charge >= 0.3 is 5.97 Å². The molecule has 0 aliphatic carbocycles. The lowest BCUT2D eigenvalue weighted by molar-refractivity contribution is -0.141. The second-order valence-corrected chi connectivity index (χ2v) is 2.97. The van der Waals surface area contributed by atoms with E-state index in [4.69, 9.17) is 5.11 Å². The molecule has 0 spiro atoms. The summed E-state index contributed by atoms with van der Waals surface area (Å²) < 4.78 is 0. The first-order valence-electron chi connectivity index (χ1n) is 4.14. The van der Waals surface area contributed by atoms with Crippen molar-refractivity contribution < 1.29 is 9.90 Å². The van der Waals surface area contributed by atoms with Crippen molar-refractivity contribution in [2.24, 2.45) is 10.2 Å². The van der Waals surface area contributed by atoms with Crippen LogP contribution in [-0.4, -0.2) is 11.1 Å². The van der Waals surface area contributed by atoms with E-state index in [1.807, 2.05) is 6.07 Å². The van der Waals surface area contributed by atoms with Gasteiger partial charge in [-0.05, 0) is 11.6 Å². The highest BCUT2D eigenvalue weighted by Crippen LogP contribution is 2.31. The molecule has 1 N–H and O–H groups in total. The van der Waals surface area contributed by atoms with Crippen molar-refractivity contribution in [3.63, 3.8) is 0 Å². The number of azo groups is 1. The zero-order chi connectivity index (χ0) is 10.0. The minimum Gasteiger partial charge on any atom is -0.479 e. The zero-order valence-corrected chi connectivity index (χ0v) is 7.29. The lowest BCUT2D eigenvalue weighted by atomic mass is 9.91. The molecule has 0 aromatic heterocycles. The molecular weight excluding hydrogens is 180 g/mol. The Kier molecular flexibility index (Phi) is 1.89. The summed E-state index contributed by atoms with van der Waals surface area (Å²) in [6.07, 6.45) is 2.88. The highest BCUT2D eigenvalue weighted by atomic mass is 16.4. The third kappa shape index (κ3) is 1.12. The summed E-state index contributed by atoms with van der Waals surface area (Å²) in [5.41, 5.74) is -0.702. The van der Waals surface area contributed by atoms with Crippen LogP contribution in [0.5, 0.6) is 0 Å². The minimum absolute atomic E-state index is 0.616. The smallest absolute Gasteiger partial charge is 0.342 e. The van der Waals surface area contributed by atoms with Gasteiger partial charge in [-0.2, -0.15) is 10.2 Å². The second kappa shape index (κ2) is 3.06. The fourth-order valence-electron chi connectivity index (χ4n) is 1.38. The van der Waals surface area contributed by atoms with Crippen LogP contribution in [0, 0.1) is 0 Å². The molecule has 14 heavy (non-hydrogen) atoms. The van der Waals surface area contributed by atoms with Crippen LogP contribution in [-0.2, 0) is 10.3 Å². The molecule has 1 aliphatic heterocycles. The SMILES string of the molecule is O=C(O)C1(c2ccccc2)C=CN=N1. The summed E-state index contributed by atoms with van der Waals surface area (Å²) in [5, 5.41) is 16.5. The third-order valence-corrected chi connectivity index (χ3v) is 2.14. The van der Waals surface area contributed by atoms with E-state index >= 15 is 0 Å². The van der Waals surface area contributed by atoms with Crippen molar-refractivity contribution in [3.05, 3.63) is 48.2 Å². The van der Waals surface area contributed by atoms with Gasteiger partial charge in [0.1, 0.15) is 0 Å². The summed E-state index contributed by atoms with van der Waals surface area (Å²) >= 11 is 0. The molecule has 1 atom stereocenters. The Morgan fingerprint density at radius 2 is 2.00 bits per heavy atom. The molecule has 70 valence electrons. The molecule has 0 saturated heterocycles. The van der Waals surface area contributed by atoms with Gasteiger partial charge in [0.15, 0.2) is 0 Å². The first kappa shape index (κ1) is 8.62. The van der Waals surface area contributed by atoms with Gasteiger partial charge in [-0.3, -0.25) is 0 Å². The molecule has 1 unspecified atom stereocenters. The molecule has 0 fully saturated rings. The Morgan fingerprint density at radius 3 is 2.50 bits per heavy atom. The quantitative estimate of drug-likeness (QED) is 0.770. The minimum atomic E-state index is -1.32. The van der Waals surface area contributed by atoms with Gasteiger partial charge in [0.25, 0.3) is 0 Å². The average Bonchev–Trinajstić information content (AvgIpc) is 2.69. The largest absolute Gasteiger partial charge is 0.479 e. The number of carboxylic acids is 1. The maximum atomic E-state index is 11.1. The van der Waals surface area contributed by atoms with Crippen molar-refractivity contribution in [2.45, 2.75) is 5.54 Å². The molecule has 1 heterocycles. The molecule has 0 saturated carbocycles. The Hall–Kier alpha value is -1.97. The van der Waals surface area contributed by atoms with Crippen molar-refractivity contribution in [1.29, 1.82) is 0 Å². The van der Waals surface area contributed by atoms with E-state index in [9.17, 15) is 4.79 Å². The molecule has 4 nitrogen and oxygen atoms in total. The van der Waals surface area contributed by atoms with Crippen LogP contribution in [0.25, 0.3) is 0 Å². The summed E-state index contributed by atoms with van der Waals surface area (Å²) in [6.45, 7) is 0. The van der Waals surface area contributed by atoms with E-state index in [-0.39, 0.29) is 0 Å². The maximum absolute atomic E-state index is 11.1. The van der Waals surface area contributed by atoms with Gasteiger partial charge in [0.05, 0.1) is 0 Å². The Balaban J connectivity index is 2.54. The van der Waals surface area contributed by atoms with Gasteiger partial charge < -0.3 is 5.11 Å². The van der Waals surface area contributed by atoms with E-state index in [0.717, 1.165) is 0 Å². The zero-order valence-electron chi connectivity index (χ0n) is 7.29. The van der Waals surface area contributed by atoms with E-state index in [0.29, 0.717) is 5.56 Å². The first-order chi connectivity index (χ1) is 6.76. The van der Waals surface area contributed by atoms with Crippen molar-refractivity contribution in [1.82, 2.24) is 0 Å². The Morgan fingerprint density at radius 1 is 1.29 bits per heavy atom. The number of hydrogen-bond acceptors (Lipinski definition) is 3. The molecule has 1 aromatic rings. The van der Waals surface area contributed by atoms with E-state index in [1.54, 1.807) is 24.3 Å². The van der Waals surface area contributed by atoms with E-state index in [1.165, 1.54) is 12.3 Å². The van der Waals surface area contributed by atoms with Gasteiger partial charge in [-0.15, -0.1) is 0 Å². The highest BCUT2D eigenvalue weighted by molar-refractivity contribution is 5.84. The Labute approximate surface area is 80.6 Å². The third-order valence-electron chi connectivity index (χ3n) is 2.14. The highest BCUT2D eigenvalue weighted by Gasteiger charge is 2.40. The van der Waals surface area contributed by atoms with E-state index < -0.39 is 11.5 Å². The molecule has 4 heteroatoms. The molecule has 0 radical (unpaired) electrons. The number of hydrogen-bond donors (Lipinski definition) is 1. The van der Waals surface area contributed by atoms with Crippen LogP contribution in [0.3, 0.4) is 0 Å². The van der Waals surface area contributed by atoms with Crippen LogP contribution >= 0.6 is 0 Å². The fourth-order valence-corrected chi connectivity index (χ4v) is 1.38. The fraction of sp³-hybridized carbons (Fsp3) is 0.100.